The summed E-state index contributed by atoms with van der Waals surface area (Å²) < 4.78 is 0. The Morgan fingerprint density at radius 2 is 1.89 bits per heavy atom. The van der Waals surface area contributed by atoms with Crippen LogP contribution in [0.3, 0.4) is 0 Å². The second-order valence-corrected chi connectivity index (χ2v) is 6.34. The summed E-state index contributed by atoms with van der Waals surface area (Å²) in [7, 11) is 0. The van der Waals surface area contributed by atoms with Gasteiger partial charge in [0.1, 0.15) is 9.88 Å². The van der Waals surface area contributed by atoms with E-state index in [9.17, 15) is 4.79 Å². The summed E-state index contributed by atoms with van der Waals surface area (Å²) >= 11 is 2.91. The van der Waals surface area contributed by atoms with Crippen molar-refractivity contribution in [3.05, 3.63) is 31.2 Å². The Morgan fingerprint density at radius 1 is 1.22 bits per heavy atom. The molecule has 2 heterocycles. The van der Waals surface area contributed by atoms with Gasteiger partial charge in [0.25, 0.3) is 0 Å². The highest BCUT2D eigenvalue weighted by Gasteiger charge is 2.15. The van der Waals surface area contributed by atoms with Crippen LogP contribution in [-0.4, -0.2) is 21.0 Å². The molecule has 0 unspecified atom stereocenters. The molecule has 0 atom stereocenters. The number of carboxylic acid groups (broad SMARTS) is 1. The predicted molar refractivity (Wildman–Crippen MR) is 72.8 cm³/mol. The Labute approximate surface area is 113 Å². The van der Waals surface area contributed by atoms with Crippen molar-refractivity contribution in [3.63, 3.8) is 0 Å². The topological polar surface area (TPSA) is 63.1 Å². The molecule has 0 aromatic carbocycles. The van der Waals surface area contributed by atoms with Crippen molar-refractivity contribution < 1.29 is 9.90 Å². The molecule has 0 aliphatic rings. The lowest BCUT2D eigenvalue weighted by Crippen LogP contribution is -1.94. The maximum atomic E-state index is 10.9. The Kier molecular flexibility index (Phi) is 3.77. The van der Waals surface area contributed by atoms with Crippen molar-refractivity contribution in [2.45, 2.75) is 33.6 Å². The number of aromatic nitrogens is 2. The van der Waals surface area contributed by atoms with Crippen molar-refractivity contribution in [1.29, 1.82) is 0 Å². The minimum Gasteiger partial charge on any atom is -0.477 e. The number of hydrogen-bond acceptors (Lipinski definition) is 5. The van der Waals surface area contributed by atoms with Gasteiger partial charge in [-0.15, -0.1) is 22.7 Å². The molecule has 0 aliphatic carbocycles. The molecule has 4 nitrogen and oxygen atoms in total. The molecule has 0 bridgehead atoms. The van der Waals surface area contributed by atoms with Crippen molar-refractivity contribution in [1.82, 2.24) is 9.97 Å². The molecule has 0 spiro atoms. The lowest BCUT2D eigenvalue weighted by atomic mass is 10.3. The minimum absolute atomic E-state index is 0.328. The third-order valence-electron chi connectivity index (χ3n) is 2.61. The molecule has 6 heteroatoms. The summed E-state index contributed by atoms with van der Waals surface area (Å²) in [6.45, 7) is 5.88. The lowest BCUT2D eigenvalue weighted by molar-refractivity contribution is 0.0701. The maximum Gasteiger partial charge on any atom is 0.347 e. The van der Waals surface area contributed by atoms with Crippen LogP contribution < -0.4 is 0 Å². The number of thiazole rings is 2. The highest BCUT2D eigenvalue weighted by Crippen LogP contribution is 2.24. The van der Waals surface area contributed by atoms with E-state index in [-0.39, 0.29) is 0 Å². The zero-order valence-corrected chi connectivity index (χ0v) is 12.1. The third kappa shape index (κ3) is 2.59. The summed E-state index contributed by atoms with van der Waals surface area (Å²) in [5.41, 5.74) is 1.72. The minimum atomic E-state index is -0.902. The van der Waals surface area contributed by atoms with Gasteiger partial charge in [0.05, 0.1) is 22.8 Å². The van der Waals surface area contributed by atoms with E-state index in [0.29, 0.717) is 17.0 Å². The fourth-order valence-corrected chi connectivity index (χ4v) is 3.77. The van der Waals surface area contributed by atoms with E-state index >= 15 is 0 Å². The van der Waals surface area contributed by atoms with Crippen LogP contribution in [0.25, 0.3) is 0 Å². The van der Waals surface area contributed by atoms with Crippen LogP contribution in [0.1, 0.15) is 42.9 Å². The second kappa shape index (κ2) is 5.16. The van der Waals surface area contributed by atoms with Crippen LogP contribution in [0.2, 0.25) is 0 Å². The average Bonchev–Trinajstić information content (AvgIpc) is 2.82. The van der Waals surface area contributed by atoms with E-state index in [1.54, 1.807) is 18.3 Å². The first-order chi connectivity index (χ1) is 8.51. The molecule has 2 aromatic heterocycles. The Balaban J connectivity index is 2.23. The number of hydrogen-bond donors (Lipinski definition) is 1. The van der Waals surface area contributed by atoms with Gasteiger partial charge in [-0.2, -0.15) is 0 Å². The van der Waals surface area contributed by atoms with Crippen LogP contribution in [0.5, 0.6) is 0 Å². The molecule has 0 amide bonds. The SMILES string of the molecule is CCc1nc(Cc2nc(C)c(C(=O)O)s2)sc1C. The molecule has 2 aromatic rings. The van der Waals surface area contributed by atoms with Gasteiger partial charge in [-0.25, -0.2) is 14.8 Å². The summed E-state index contributed by atoms with van der Waals surface area (Å²) in [6.07, 6.45) is 1.56. The van der Waals surface area contributed by atoms with Crippen LogP contribution in [0.4, 0.5) is 0 Å². The second-order valence-electron chi connectivity index (χ2n) is 3.97. The van der Waals surface area contributed by atoms with Gasteiger partial charge in [-0.3, -0.25) is 0 Å². The molecule has 0 saturated heterocycles. The molecule has 18 heavy (non-hydrogen) atoms. The first-order valence-corrected chi connectivity index (χ1v) is 7.29. The molecule has 0 radical (unpaired) electrons. The summed E-state index contributed by atoms with van der Waals surface area (Å²) in [6, 6.07) is 0. The highest BCUT2D eigenvalue weighted by molar-refractivity contribution is 7.14. The number of carboxylic acids is 1. The molecular formula is C12H14N2O2S2. The largest absolute Gasteiger partial charge is 0.477 e. The Bertz CT molecular complexity index is 587. The van der Waals surface area contributed by atoms with E-state index < -0.39 is 5.97 Å². The maximum absolute atomic E-state index is 10.9. The fourth-order valence-electron chi connectivity index (χ4n) is 1.75. The van der Waals surface area contributed by atoms with Gasteiger partial charge in [-0.05, 0) is 20.3 Å². The normalized spacial score (nSPS) is 10.8. The third-order valence-corrected chi connectivity index (χ3v) is 4.77. The zero-order valence-electron chi connectivity index (χ0n) is 10.5. The first kappa shape index (κ1) is 13.2. The molecule has 2 rings (SSSR count). The van der Waals surface area contributed by atoms with Gasteiger partial charge in [0, 0.05) is 4.88 Å². The molecule has 0 aliphatic heterocycles. The fraction of sp³-hybridized carbons (Fsp3) is 0.417. The number of nitrogens with zero attached hydrogens (tertiary/aromatic N) is 2. The van der Waals surface area contributed by atoms with Crippen molar-refractivity contribution in [2.24, 2.45) is 0 Å². The molecule has 1 N–H and O–H groups in total. The summed E-state index contributed by atoms with van der Waals surface area (Å²) in [5, 5.41) is 10.8. The van der Waals surface area contributed by atoms with E-state index in [1.807, 2.05) is 0 Å². The van der Waals surface area contributed by atoms with Gasteiger partial charge in [0.15, 0.2) is 0 Å². The molecular weight excluding hydrogens is 268 g/mol. The van der Waals surface area contributed by atoms with Gasteiger partial charge in [0.2, 0.25) is 0 Å². The quantitative estimate of drug-likeness (QED) is 0.936. The van der Waals surface area contributed by atoms with Crippen LogP contribution in [-0.2, 0) is 12.8 Å². The first-order valence-electron chi connectivity index (χ1n) is 5.66. The average molecular weight is 282 g/mol. The monoisotopic (exact) mass is 282 g/mol. The van der Waals surface area contributed by atoms with Crippen molar-refractivity contribution >= 4 is 28.6 Å². The van der Waals surface area contributed by atoms with Gasteiger partial charge in [-0.1, -0.05) is 6.92 Å². The van der Waals surface area contributed by atoms with E-state index in [1.165, 1.54) is 16.2 Å². The van der Waals surface area contributed by atoms with E-state index in [2.05, 4.69) is 23.8 Å². The van der Waals surface area contributed by atoms with Crippen LogP contribution in [0, 0.1) is 13.8 Å². The van der Waals surface area contributed by atoms with Gasteiger partial charge < -0.3 is 5.11 Å². The molecule has 0 saturated carbocycles. The van der Waals surface area contributed by atoms with Crippen LogP contribution in [0.15, 0.2) is 0 Å². The number of aryl methyl sites for hydroxylation is 3. The van der Waals surface area contributed by atoms with Crippen molar-refractivity contribution in [3.8, 4) is 0 Å². The smallest absolute Gasteiger partial charge is 0.347 e. The predicted octanol–water partition coefficient (Wildman–Crippen LogP) is 3.07. The molecule has 0 fully saturated rings. The number of carbonyl (C=O) groups is 1. The molecule has 96 valence electrons. The van der Waals surface area contributed by atoms with Crippen molar-refractivity contribution in [2.75, 3.05) is 0 Å². The Morgan fingerprint density at radius 3 is 2.39 bits per heavy atom. The van der Waals surface area contributed by atoms with E-state index in [4.69, 9.17) is 5.11 Å². The lowest BCUT2D eigenvalue weighted by Gasteiger charge is -1.90. The van der Waals surface area contributed by atoms with Crippen LogP contribution >= 0.6 is 22.7 Å². The zero-order chi connectivity index (χ0) is 13.3. The van der Waals surface area contributed by atoms with E-state index in [0.717, 1.165) is 22.1 Å². The number of aromatic carboxylic acids is 1. The summed E-state index contributed by atoms with van der Waals surface area (Å²) in [4.78, 5) is 21.4. The summed E-state index contributed by atoms with van der Waals surface area (Å²) in [5.74, 6) is -0.902. The van der Waals surface area contributed by atoms with Gasteiger partial charge >= 0.3 is 5.97 Å². The highest BCUT2D eigenvalue weighted by atomic mass is 32.1. The Hall–Kier alpha value is -1.27. The standard InChI is InChI=1S/C12H14N2O2S2/c1-4-8-7(3)17-10(14-8)5-9-13-6(2)11(18-9)12(15)16/h4-5H2,1-3H3,(H,15,16). The number of rotatable bonds is 4.